The number of thioether (sulfide) groups is 1. The Morgan fingerprint density at radius 1 is 1.30 bits per heavy atom. The molecule has 3 aliphatic heterocycles. The van der Waals surface area contributed by atoms with Gasteiger partial charge in [0.25, 0.3) is 0 Å². The lowest BCUT2D eigenvalue weighted by Crippen LogP contribution is -2.50. The van der Waals surface area contributed by atoms with Crippen molar-refractivity contribution in [3.8, 4) is 0 Å². The molecule has 0 radical (unpaired) electrons. The Balaban J connectivity index is 1.65. The van der Waals surface area contributed by atoms with E-state index < -0.39 is 0 Å². The molecule has 0 amide bonds. The number of hydrogen-bond acceptors (Lipinski definition) is 4. The summed E-state index contributed by atoms with van der Waals surface area (Å²) in [5.41, 5.74) is 0.208. The lowest BCUT2D eigenvalue weighted by Gasteiger charge is -2.42. The Bertz CT molecular complexity index is 301. The zero-order valence-electron chi connectivity index (χ0n) is 12.7. The third-order valence-corrected chi connectivity index (χ3v) is 6.43. The first-order valence-electron chi connectivity index (χ1n) is 8.36. The topological polar surface area (TPSA) is 30.5 Å². The van der Waals surface area contributed by atoms with Crippen LogP contribution < -0.4 is 5.32 Å². The van der Waals surface area contributed by atoms with E-state index in [2.05, 4.69) is 24.0 Å². The third-order valence-electron chi connectivity index (χ3n) is 5.21. The summed E-state index contributed by atoms with van der Waals surface area (Å²) in [6.07, 6.45) is 6.20. The van der Waals surface area contributed by atoms with E-state index in [-0.39, 0.29) is 5.60 Å². The van der Waals surface area contributed by atoms with Crippen LogP contribution in [0.15, 0.2) is 0 Å². The number of hydrogen-bond donors (Lipinski definition) is 1. The van der Waals surface area contributed by atoms with Crippen LogP contribution in [0, 0.1) is 11.8 Å². The molecule has 1 spiro atoms. The molecule has 20 heavy (non-hydrogen) atoms. The van der Waals surface area contributed by atoms with Gasteiger partial charge in [-0.25, -0.2) is 0 Å². The zero-order chi connectivity index (χ0) is 13.8. The molecule has 0 saturated carbocycles. The summed E-state index contributed by atoms with van der Waals surface area (Å²) < 4.78 is 11.8. The van der Waals surface area contributed by atoms with Gasteiger partial charge in [-0.1, -0.05) is 6.92 Å². The fourth-order valence-electron chi connectivity index (χ4n) is 4.10. The molecule has 0 aromatic rings. The average molecular weight is 299 g/mol. The minimum absolute atomic E-state index is 0.208. The van der Waals surface area contributed by atoms with Crippen LogP contribution in [-0.4, -0.2) is 49.5 Å². The molecule has 3 aliphatic rings. The fourth-order valence-corrected chi connectivity index (χ4v) is 5.48. The molecule has 3 rings (SSSR count). The van der Waals surface area contributed by atoms with E-state index in [4.69, 9.17) is 9.47 Å². The first kappa shape index (κ1) is 15.1. The molecular weight excluding hydrogens is 270 g/mol. The number of ether oxygens (including phenoxy) is 2. The summed E-state index contributed by atoms with van der Waals surface area (Å²) in [6.45, 7) is 6.28. The lowest BCUT2D eigenvalue weighted by atomic mass is 9.76. The zero-order valence-corrected chi connectivity index (χ0v) is 13.6. The Morgan fingerprint density at radius 3 is 2.90 bits per heavy atom. The van der Waals surface area contributed by atoms with Crippen molar-refractivity contribution in [3.63, 3.8) is 0 Å². The molecule has 0 aromatic heterocycles. The molecule has 3 heterocycles. The van der Waals surface area contributed by atoms with E-state index in [0.29, 0.717) is 6.04 Å². The van der Waals surface area contributed by atoms with Crippen molar-refractivity contribution in [2.75, 3.05) is 37.9 Å². The molecule has 0 aromatic carbocycles. The molecule has 3 nitrogen and oxygen atoms in total. The van der Waals surface area contributed by atoms with Crippen LogP contribution in [0.4, 0.5) is 0 Å². The Hall–Kier alpha value is 0.230. The van der Waals surface area contributed by atoms with E-state index in [1.54, 1.807) is 0 Å². The van der Waals surface area contributed by atoms with Gasteiger partial charge in [-0.2, -0.15) is 11.8 Å². The average Bonchev–Trinajstić information content (AvgIpc) is 3.12. The van der Waals surface area contributed by atoms with Crippen molar-refractivity contribution in [2.45, 2.75) is 50.7 Å². The predicted octanol–water partition coefficient (Wildman–Crippen LogP) is 2.69. The largest absolute Gasteiger partial charge is 0.381 e. The molecule has 4 atom stereocenters. The monoisotopic (exact) mass is 299 g/mol. The molecule has 4 heteroatoms. The maximum Gasteiger partial charge on any atom is 0.0783 e. The summed E-state index contributed by atoms with van der Waals surface area (Å²) in [6, 6.07) is 0.642. The van der Waals surface area contributed by atoms with Crippen LogP contribution in [0.5, 0.6) is 0 Å². The summed E-state index contributed by atoms with van der Waals surface area (Å²) in [5.74, 6) is 3.99. The van der Waals surface area contributed by atoms with E-state index in [0.717, 1.165) is 38.2 Å². The van der Waals surface area contributed by atoms with Crippen molar-refractivity contribution in [1.29, 1.82) is 0 Å². The van der Waals surface area contributed by atoms with Gasteiger partial charge in [0, 0.05) is 30.9 Å². The second-order valence-electron chi connectivity index (χ2n) is 6.69. The van der Waals surface area contributed by atoms with Crippen LogP contribution >= 0.6 is 11.8 Å². The van der Waals surface area contributed by atoms with Gasteiger partial charge in [-0.3, -0.25) is 0 Å². The van der Waals surface area contributed by atoms with Crippen LogP contribution in [0.25, 0.3) is 0 Å². The molecule has 0 aliphatic carbocycles. The highest BCUT2D eigenvalue weighted by Crippen LogP contribution is 2.42. The lowest BCUT2D eigenvalue weighted by molar-refractivity contribution is -0.0884. The molecule has 116 valence electrons. The molecule has 3 fully saturated rings. The Kier molecular flexibility index (Phi) is 5.29. The minimum Gasteiger partial charge on any atom is -0.381 e. The van der Waals surface area contributed by atoms with Gasteiger partial charge < -0.3 is 14.8 Å². The van der Waals surface area contributed by atoms with Crippen molar-refractivity contribution >= 4 is 11.8 Å². The van der Waals surface area contributed by atoms with Crippen molar-refractivity contribution in [2.24, 2.45) is 11.8 Å². The van der Waals surface area contributed by atoms with Gasteiger partial charge in [0.15, 0.2) is 0 Å². The van der Waals surface area contributed by atoms with E-state index >= 15 is 0 Å². The second-order valence-corrected chi connectivity index (χ2v) is 7.80. The molecule has 1 N–H and O–H groups in total. The van der Waals surface area contributed by atoms with Crippen molar-refractivity contribution < 1.29 is 9.47 Å². The summed E-state index contributed by atoms with van der Waals surface area (Å²) in [5, 5.41) is 3.85. The van der Waals surface area contributed by atoms with E-state index in [1.165, 1.54) is 43.6 Å². The SMILES string of the molecule is CCCNC(C1CCOC1)C1CCOC2(CCSC2)C1. The quantitative estimate of drug-likeness (QED) is 0.845. The van der Waals surface area contributed by atoms with Crippen molar-refractivity contribution in [3.05, 3.63) is 0 Å². The standard InChI is InChI=1S/C16H29NO2S/c1-2-6-17-15(14-3-7-18-11-14)13-4-8-19-16(10-13)5-9-20-12-16/h13-15,17H,2-12H2,1H3. The van der Waals surface area contributed by atoms with E-state index in [9.17, 15) is 0 Å². The Labute approximate surface area is 127 Å². The van der Waals surface area contributed by atoms with Gasteiger partial charge in [0.05, 0.1) is 12.2 Å². The highest BCUT2D eigenvalue weighted by Gasteiger charge is 2.44. The summed E-state index contributed by atoms with van der Waals surface area (Å²) >= 11 is 2.07. The van der Waals surface area contributed by atoms with Gasteiger partial charge in [-0.05, 0) is 50.3 Å². The molecule has 3 saturated heterocycles. The maximum atomic E-state index is 6.19. The van der Waals surface area contributed by atoms with Gasteiger partial charge >= 0.3 is 0 Å². The van der Waals surface area contributed by atoms with Crippen LogP contribution in [0.3, 0.4) is 0 Å². The normalized spacial score (nSPS) is 39.5. The van der Waals surface area contributed by atoms with Crippen LogP contribution in [0.1, 0.15) is 39.0 Å². The number of nitrogens with one attached hydrogen (secondary N) is 1. The van der Waals surface area contributed by atoms with Gasteiger partial charge in [0.2, 0.25) is 0 Å². The van der Waals surface area contributed by atoms with Crippen LogP contribution in [-0.2, 0) is 9.47 Å². The third kappa shape index (κ3) is 3.34. The molecule has 0 bridgehead atoms. The predicted molar refractivity (Wildman–Crippen MR) is 84.4 cm³/mol. The van der Waals surface area contributed by atoms with E-state index in [1.807, 2.05) is 0 Å². The van der Waals surface area contributed by atoms with Gasteiger partial charge in [-0.15, -0.1) is 0 Å². The smallest absolute Gasteiger partial charge is 0.0783 e. The highest BCUT2D eigenvalue weighted by atomic mass is 32.2. The first-order chi connectivity index (χ1) is 9.83. The first-order valence-corrected chi connectivity index (χ1v) is 9.51. The highest BCUT2D eigenvalue weighted by molar-refractivity contribution is 7.99. The fraction of sp³-hybridized carbons (Fsp3) is 1.00. The second kappa shape index (κ2) is 6.99. The van der Waals surface area contributed by atoms with Crippen molar-refractivity contribution in [1.82, 2.24) is 5.32 Å². The molecular formula is C16H29NO2S. The van der Waals surface area contributed by atoms with Crippen LogP contribution in [0.2, 0.25) is 0 Å². The Morgan fingerprint density at radius 2 is 2.20 bits per heavy atom. The minimum atomic E-state index is 0.208. The number of rotatable bonds is 5. The maximum absolute atomic E-state index is 6.19. The molecule has 4 unspecified atom stereocenters. The summed E-state index contributed by atoms with van der Waals surface area (Å²) in [7, 11) is 0. The van der Waals surface area contributed by atoms with Gasteiger partial charge in [0.1, 0.15) is 0 Å². The summed E-state index contributed by atoms with van der Waals surface area (Å²) in [4.78, 5) is 0.